The number of carboxylic acid groups (broad SMARTS) is 1. The Morgan fingerprint density at radius 2 is 2.13 bits per heavy atom. The third kappa shape index (κ3) is 4.29. The van der Waals surface area contributed by atoms with Crippen LogP contribution in [0.4, 0.5) is 5.00 Å². The van der Waals surface area contributed by atoms with Gasteiger partial charge in [-0.25, -0.2) is 4.79 Å². The molecule has 1 aliphatic carbocycles. The molecule has 8 heteroatoms. The molecule has 0 aliphatic heterocycles. The molecule has 0 saturated heterocycles. The Morgan fingerprint density at radius 1 is 1.39 bits per heavy atom. The second-order valence-corrected chi connectivity index (χ2v) is 6.63. The standard InChI is InChI=1S/C15H20N2O5S/c1-2-8-3-4-9-10(5-8)23-15(13(9)14(16)21)17-11(18)6-22-7-12(19)20/h8H,2-7H2,1H3,(H2,16,21)(H,17,18)(H,19,20)/t8-/m1/s1. The number of aliphatic carboxylic acids is 1. The van der Waals surface area contributed by atoms with Gasteiger partial charge >= 0.3 is 5.97 Å². The van der Waals surface area contributed by atoms with E-state index in [1.54, 1.807) is 0 Å². The van der Waals surface area contributed by atoms with Crippen LogP contribution < -0.4 is 11.1 Å². The third-order valence-corrected chi connectivity index (χ3v) is 5.07. The number of primary amides is 1. The first kappa shape index (κ1) is 17.4. The van der Waals surface area contributed by atoms with Gasteiger partial charge in [0, 0.05) is 4.88 Å². The van der Waals surface area contributed by atoms with Crippen molar-refractivity contribution in [3.05, 3.63) is 16.0 Å². The zero-order valence-electron chi connectivity index (χ0n) is 12.9. The van der Waals surface area contributed by atoms with E-state index >= 15 is 0 Å². The monoisotopic (exact) mass is 340 g/mol. The van der Waals surface area contributed by atoms with E-state index in [0.717, 1.165) is 36.1 Å². The van der Waals surface area contributed by atoms with Gasteiger partial charge in [-0.3, -0.25) is 9.59 Å². The van der Waals surface area contributed by atoms with Gasteiger partial charge in [0.25, 0.3) is 11.8 Å². The van der Waals surface area contributed by atoms with Crippen LogP contribution in [0.15, 0.2) is 0 Å². The first-order valence-electron chi connectivity index (χ1n) is 7.46. The Morgan fingerprint density at radius 3 is 2.74 bits per heavy atom. The Labute approximate surface area is 137 Å². The van der Waals surface area contributed by atoms with E-state index in [4.69, 9.17) is 15.6 Å². The highest BCUT2D eigenvalue weighted by molar-refractivity contribution is 7.17. The molecule has 7 nitrogen and oxygen atoms in total. The van der Waals surface area contributed by atoms with E-state index in [1.807, 2.05) is 0 Å². The molecule has 1 heterocycles. The van der Waals surface area contributed by atoms with Crippen LogP contribution >= 0.6 is 11.3 Å². The van der Waals surface area contributed by atoms with Crippen molar-refractivity contribution in [1.82, 2.24) is 0 Å². The van der Waals surface area contributed by atoms with Crippen LogP contribution in [0.5, 0.6) is 0 Å². The second-order valence-electron chi connectivity index (χ2n) is 5.52. The van der Waals surface area contributed by atoms with Gasteiger partial charge in [-0.1, -0.05) is 13.3 Å². The number of thiophene rings is 1. The van der Waals surface area contributed by atoms with E-state index in [-0.39, 0.29) is 6.61 Å². The lowest BCUT2D eigenvalue weighted by Crippen LogP contribution is -2.23. The average Bonchev–Trinajstić information content (AvgIpc) is 2.83. The number of amides is 2. The Balaban J connectivity index is 2.12. The molecular weight excluding hydrogens is 320 g/mol. The van der Waals surface area contributed by atoms with Crippen molar-refractivity contribution in [2.45, 2.75) is 32.6 Å². The summed E-state index contributed by atoms with van der Waals surface area (Å²) in [5.41, 5.74) is 6.79. The van der Waals surface area contributed by atoms with Crippen molar-refractivity contribution in [3.63, 3.8) is 0 Å². The molecule has 0 bridgehead atoms. The van der Waals surface area contributed by atoms with Gasteiger partial charge < -0.3 is 20.9 Å². The fourth-order valence-corrected chi connectivity index (χ4v) is 4.13. The fraction of sp³-hybridized carbons (Fsp3) is 0.533. The van der Waals surface area contributed by atoms with Crippen LogP contribution in [0.25, 0.3) is 0 Å². The quantitative estimate of drug-likeness (QED) is 0.693. The van der Waals surface area contributed by atoms with Crippen molar-refractivity contribution in [2.75, 3.05) is 18.5 Å². The number of anilines is 1. The van der Waals surface area contributed by atoms with E-state index < -0.39 is 24.4 Å². The maximum Gasteiger partial charge on any atom is 0.329 e. The number of nitrogens with two attached hydrogens (primary N) is 1. The smallest absolute Gasteiger partial charge is 0.329 e. The first-order valence-corrected chi connectivity index (χ1v) is 8.27. The average molecular weight is 340 g/mol. The molecule has 0 saturated carbocycles. The number of carbonyl (C=O) groups excluding carboxylic acids is 2. The Hall–Kier alpha value is -1.93. The van der Waals surface area contributed by atoms with Gasteiger partial charge in [-0.15, -0.1) is 11.3 Å². The SMILES string of the molecule is CC[C@@H]1CCc2c(sc(NC(=O)COCC(=O)O)c2C(N)=O)C1. The maximum atomic E-state index is 11.8. The third-order valence-electron chi connectivity index (χ3n) is 3.90. The number of ether oxygens (including phenoxy) is 1. The fourth-order valence-electron chi connectivity index (χ4n) is 2.75. The number of rotatable bonds is 7. The summed E-state index contributed by atoms with van der Waals surface area (Å²) in [6.07, 6.45) is 3.76. The number of hydrogen-bond acceptors (Lipinski definition) is 5. The van der Waals surface area contributed by atoms with Crippen molar-refractivity contribution < 1.29 is 24.2 Å². The molecule has 2 rings (SSSR count). The molecule has 0 spiro atoms. The summed E-state index contributed by atoms with van der Waals surface area (Å²) < 4.78 is 4.74. The summed E-state index contributed by atoms with van der Waals surface area (Å²) in [5, 5.41) is 11.5. The lowest BCUT2D eigenvalue weighted by molar-refractivity contribution is -0.143. The van der Waals surface area contributed by atoms with Crippen LogP contribution in [0.2, 0.25) is 0 Å². The Kier molecular flexibility index (Phi) is 5.73. The van der Waals surface area contributed by atoms with Crippen LogP contribution in [0, 0.1) is 5.92 Å². The first-order chi connectivity index (χ1) is 10.9. The highest BCUT2D eigenvalue weighted by atomic mass is 32.1. The number of carboxylic acids is 1. The van der Waals surface area contributed by atoms with E-state index in [2.05, 4.69) is 12.2 Å². The van der Waals surface area contributed by atoms with Crippen molar-refractivity contribution in [3.8, 4) is 0 Å². The van der Waals surface area contributed by atoms with Gasteiger partial charge in [-0.05, 0) is 30.7 Å². The lowest BCUT2D eigenvalue weighted by atomic mass is 9.85. The molecule has 1 aliphatic rings. The van der Waals surface area contributed by atoms with Crippen LogP contribution in [-0.2, 0) is 27.2 Å². The summed E-state index contributed by atoms with van der Waals surface area (Å²) in [5.74, 6) is -1.62. The molecule has 0 aromatic carbocycles. The summed E-state index contributed by atoms with van der Waals surface area (Å²) in [7, 11) is 0. The molecular formula is C15H20N2O5S. The largest absolute Gasteiger partial charge is 0.480 e. The number of fused-ring (bicyclic) bond motifs is 1. The van der Waals surface area contributed by atoms with Crippen LogP contribution in [0.1, 0.15) is 40.6 Å². The highest BCUT2D eigenvalue weighted by Crippen LogP contribution is 2.40. The van der Waals surface area contributed by atoms with E-state index in [9.17, 15) is 14.4 Å². The molecule has 1 atom stereocenters. The van der Waals surface area contributed by atoms with E-state index in [1.165, 1.54) is 11.3 Å². The zero-order valence-corrected chi connectivity index (χ0v) is 13.7. The van der Waals surface area contributed by atoms with Gasteiger partial charge in [0.1, 0.15) is 18.2 Å². The number of nitrogens with one attached hydrogen (secondary N) is 1. The second kappa shape index (κ2) is 7.56. The van der Waals surface area contributed by atoms with E-state index in [0.29, 0.717) is 16.5 Å². The van der Waals surface area contributed by atoms with Crippen molar-refractivity contribution >= 4 is 34.1 Å². The molecule has 126 valence electrons. The highest BCUT2D eigenvalue weighted by Gasteiger charge is 2.28. The predicted molar refractivity (Wildman–Crippen MR) is 85.7 cm³/mol. The topological polar surface area (TPSA) is 119 Å². The number of hydrogen-bond donors (Lipinski definition) is 3. The minimum absolute atomic E-state index is 0.381. The predicted octanol–water partition coefficient (Wildman–Crippen LogP) is 1.40. The summed E-state index contributed by atoms with van der Waals surface area (Å²) in [6.45, 7) is 1.21. The molecule has 0 fully saturated rings. The molecule has 2 amide bonds. The minimum atomic E-state index is -1.15. The normalized spacial score (nSPS) is 16.7. The van der Waals surface area contributed by atoms with Crippen LogP contribution in [-0.4, -0.2) is 36.1 Å². The summed E-state index contributed by atoms with van der Waals surface area (Å²) in [6, 6.07) is 0. The Bertz CT molecular complexity index is 626. The number of carbonyl (C=O) groups is 3. The van der Waals surface area contributed by atoms with Gasteiger partial charge in [0.05, 0.1) is 5.56 Å². The summed E-state index contributed by atoms with van der Waals surface area (Å²) >= 11 is 1.37. The maximum absolute atomic E-state index is 11.8. The molecule has 0 unspecified atom stereocenters. The molecule has 23 heavy (non-hydrogen) atoms. The molecule has 1 aromatic rings. The van der Waals surface area contributed by atoms with Gasteiger partial charge in [-0.2, -0.15) is 0 Å². The van der Waals surface area contributed by atoms with Crippen LogP contribution in [0.3, 0.4) is 0 Å². The van der Waals surface area contributed by atoms with Gasteiger partial charge in [0.15, 0.2) is 0 Å². The summed E-state index contributed by atoms with van der Waals surface area (Å²) in [4.78, 5) is 35.0. The van der Waals surface area contributed by atoms with Crippen molar-refractivity contribution in [1.29, 1.82) is 0 Å². The lowest BCUT2D eigenvalue weighted by Gasteiger charge is -2.20. The van der Waals surface area contributed by atoms with Crippen molar-refractivity contribution in [2.24, 2.45) is 11.7 Å². The molecule has 4 N–H and O–H groups in total. The molecule has 0 radical (unpaired) electrons. The molecule has 1 aromatic heterocycles. The zero-order chi connectivity index (χ0) is 17.0. The van der Waals surface area contributed by atoms with Gasteiger partial charge in [0.2, 0.25) is 0 Å². The minimum Gasteiger partial charge on any atom is -0.480 e.